The minimum absolute atomic E-state index is 0.0280. The van der Waals surface area contributed by atoms with E-state index in [4.69, 9.17) is 5.73 Å². The van der Waals surface area contributed by atoms with E-state index in [1.807, 2.05) is 12.1 Å². The molecule has 5 atom stereocenters. The molecular formula is C17H24N2O. The van der Waals surface area contributed by atoms with E-state index in [0.717, 1.165) is 6.42 Å². The molecule has 2 aliphatic carbocycles. The lowest BCUT2D eigenvalue weighted by molar-refractivity contribution is -0.127. The molecule has 0 radical (unpaired) electrons. The number of carbonyl (C=O) groups is 1. The Morgan fingerprint density at radius 3 is 2.65 bits per heavy atom. The predicted octanol–water partition coefficient (Wildman–Crippen LogP) is 2.55. The molecule has 3 nitrogen and oxygen atoms in total. The molecule has 0 aromatic heterocycles. The Morgan fingerprint density at radius 1 is 1.30 bits per heavy atom. The van der Waals surface area contributed by atoms with Crippen LogP contribution >= 0.6 is 0 Å². The molecule has 2 saturated carbocycles. The number of rotatable bonds is 3. The molecule has 1 amide bonds. The second-order valence-corrected chi connectivity index (χ2v) is 6.52. The highest BCUT2D eigenvalue weighted by molar-refractivity contribution is 5.81. The molecule has 3 heteroatoms. The molecule has 5 unspecified atom stereocenters. The van der Waals surface area contributed by atoms with E-state index < -0.39 is 0 Å². The minimum atomic E-state index is 0.0280. The Balaban J connectivity index is 1.69. The molecular weight excluding hydrogens is 248 g/mol. The van der Waals surface area contributed by atoms with Crippen LogP contribution in [0.25, 0.3) is 0 Å². The third kappa shape index (κ3) is 2.24. The van der Waals surface area contributed by atoms with Crippen LogP contribution in [0.15, 0.2) is 24.3 Å². The highest BCUT2D eigenvalue weighted by Gasteiger charge is 2.49. The average molecular weight is 272 g/mol. The fraction of sp³-hybridized carbons (Fsp3) is 0.588. The lowest BCUT2D eigenvalue weighted by Crippen LogP contribution is -2.45. The van der Waals surface area contributed by atoms with Crippen molar-refractivity contribution in [3.05, 3.63) is 35.4 Å². The molecule has 108 valence electrons. The van der Waals surface area contributed by atoms with Gasteiger partial charge in [0.1, 0.15) is 0 Å². The smallest absolute Gasteiger partial charge is 0.225 e. The number of nitrogens with one attached hydrogen (secondary N) is 1. The van der Waals surface area contributed by atoms with Crippen molar-refractivity contribution < 1.29 is 4.79 Å². The number of amides is 1. The summed E-state index contributed by atoms with van der Waals surface area (Å²) in [4.78, 5) is 12.5. The van der Waals surface area contributed by atoms with Gasteiger partial charge in [0.15, 0.2) is 0 Å². The van der Waals surface area contributed by atoms with Gasteiger partial charge in [0.05, 0.1) is 12.0 Å². The second-order valence-electron chi connectivity index (χ2n) is 6.52. The molecule has 1 aromatic carbocycles. The summed E-state index contributed by atoms with van der Waals surface area (Å²) in [5, 5.41) is 3.18. The van der Waals surface area contributed by atoms with E-state index in [2.05, 4.69) is 31.3 Å². The molecule has 3 N–H and O–H groups in total. The number of hydrogen-bond acceptors (Lipinski definition) is 2. The zero-order valence-corrected chi connectivity index (χ0v) is 12.3. The molecule has 2 fully saturated rings. The Hall–Kier alpha value is -1.35. The van der Waals surface area contributed by atoms with Crippen LogP contribution < -0.4 is 11.1 Å². The summed E-state index contributed by atoms with van der Waals surface area (Å²) in [7, 11) is 0. The Labute approximate surface area is 120 Å². The second kappa shape index (κ2) is 5.21. The number of fused-ring (bicyclic) bond motifs is 2. The summed E-state index contributed by atoms with van der Waals surface area (Å²) in [6.45, 7) is 4.14. The van der Waals surface area contributed by atoms with Gasteiger partial charge < -0.3 is 11.1 Å². The zero-order chi connectivity index (χ0) is 14.3. The monoisotopic (exact) mass is 272 g/mol. The Bertz CT molecular complexity index is 511. The van der Waals surface area contributed by atoms with Crippen molar-refractivity contribution in [3.63, 3.8) is 0 Å². The lowest BCUT2D eigenvalue weighted by Gasteiger charge is -2.28. The van der Waals surface area contributed by atoms with Gasteiger partial charge in [-0.15, -0.1) is 0 Å². The SMILES string of the molecule is Cc1ccccc1C(C)NC(=O)C1C2CCC(C2)C1N. The lowest BCUT2D eigenvalue weighted by atomic mass is 9.84. The van der Waals surface area contributed by atoms with E-state index in [-0.39, 0.29) is 23.9 Å². The first-order valence-electron chi connectivity index (χ1n) is 7.69. The van der Waals surface area contributed by atoms with Crippen LogP contribution in [0.4, 0.5) is 0 Å². The van der Waals surface area contributed by atoms with Gasteiger partial charge in [-0.2, -0.15) is 0 Å². The normalized spacial score (nSPS) is 33.1. The van der Waals surface area contributed by atoms with Crippen molar-refractivity contribution in [1.82, 2.24) is 5.32 Å². The summed E-state index contributed by atoms with van der Waals surface area (Å²) < 4.78 is 0. The van der Waals surface area contributed by atoms with Crippen LogP contribution in [0.1, 0.15) is 43.4 Å². The fourth-order valence-corrected chi connectivity index (χ4v) is 4.18. The molecule has 0 saturated heterocycles. The maximum atomic E-state index is 12.5. The van der Waals surface area contributed by atoms with Crippen LogP contribution in [-0.4, -0.2) is 11.9 Å². The van der Waals surface area contributed by atoms with Crippen molar-refractivity contribution in [1.29, 1.82) is 0 Å². The number of benzene rings is 1. The van der Waals surface area contributed by atoms with E-state index in [1.54, 1.807) is 0 Å². The van der Waals surface area contributed by atoms with Gasteiger partial charge in [0.2, 0.25) is 5.91 Å². The molecule has 2 bridgehead atoms. The van der Waals surface area contributed by atoms with E-state index in [0.29, 0.717) is 11.8 Å². The number of nitrogens with two attached hydrogens (primary N) is 1. The van der Waals surface area contributed by atoms with Crippen LogP contribution in [0.2, 0.25) is 0 Å². The maximum absolute atomic E-state index is 12.5. The van der Waals surface area contributed by atoms with Gasteiger partial charge in [0.25, 0.3) is 0 Å². The molecule has 3 rings (SSSR count). The van der Waals surface area contributed by atoms with Crippen molar-refractivity contribution >= 4 is 5.91 Å². The molecule has 0 aliphatic heterocycles. The van der Waals surface area contributed by atoms with Gasteiger partial charge in [-0.1, -0.05) is 24.3 Å². The summed E-state index contributed by atoms with van der Waals surface area (Å²) >= 11 is 0. The van der Waals surface area contributed by atoms with Crippen molar-refractivity contribution in [2.75, 3.05) is 0 Å². The summed E-state index contributed by atoms with van der Waals surface area (Å²) in [6.07, 6.45) is 3.54. The minimum Gasteiger partial charge on any atom is -0.349 e. The third-order valence-electron chi connectivity index (χ3n) is 5.30. The molecule has 1 aromatic rings. The predicted molar refractivity (Wildman–Crippen MR) is 80.0 cm³/mol. The first-order chi connectivity index (χ1) is 9.58. The topological polar surface area (TPSA) is 55.1 Å². The van der Waals surface area contributed by atoms with Crippen LogP contribution in [-0.2, 0) is 4.79 Å². The summed E-state index contributed by atoms with van der Waals surface area (Å²) in [5.41, 5.74) is 8.66. The molecule has 0 heterocycles. The zero-order valence-electron chi connectivity index (χ0n) is 12.3. The standard InChI is InChI=1S/C17H24N2O/c1-10-5-3-4-6-14(10)11(2)19-17(20)15-12-7-8-13(9-12)16(15)18/h3-6,11-13,15-16H,7-9,18H2,1-2H3,(H,19,20). The highest BCUT2D eigenvalue weighted by Crippen LogP contribution is 2.47. The summed E-state index contributed by atoms with van der Waals surface area (Å²) in [5.74, 6) is 1.27. The number of carbonyl (C=O) groups excluding carboxylic acids is 1. The first-order valence-corrected chi connectivity index (χ1v) is 7.69. The highest BCUT2D eigenvalue weighted by atomic mass is 16.2. The Kier molecular flexibility index (Phi) is 3.55. The van der Waals surface area contributed by atoms with Crippen molar-refractivity contribution in [2.45, 2.75) is 45.2 Å². The van der Waals surface area contributed by atoms with Gasteiger partial charge in [-0.3, -0.25) is 4.79 Å². The Morgan fingerprint density at radius 2 is 2.00 bits per heavy atom. The number of aryl methyl sites for hydroxylation is 1. The largest absolute Gasteiger partial charge is 0.349 e. The number of hydrogen-bond donors (Lipinski definition) is 2. The maximum Gasteiger partial charge on any atom is 0.225 e. The van der Waals surface area contributed by atoms with Crippen LogP contribution in [0.3, 0.4) is 0 Å². The molecule has 20 heavy (non-hydrogen) atoms. The third-order valence-corrected chi connectivity index (χ3v) is 5.30. The average Bonchev–Trinajstić information content (AvgIpc) is 2.99. The first kappa shape index (κ1) is 13.6. The van der Waals surface area contributed by atoms with Crippen molar-refractivity contribution in [2.24, 2.45) is 23.5 Å². The van der Waals surface area contributed by atoms with Crippen molar-refractivity contribution in [3.8, 4) is 0 Å². The van der Waals surface area contributed by atoms with Gasteiger partial charge >= 0.3 is 0 Å². The molecule has 2 aliphatic rings. The quantitative estimate of drug-likeness (QED) is 0.888. The van der Waals surface area contributed by atoms with Gasteiger partial charge in [-0.05, 0) is 56.1 Å². The summed E-state index contributed by atoms with van der Waals surface area (Å²) in [6, 6.07) is 8.34. The van der Waals surface area contributed by atoms with Gasteiger partial charge in [-0.25, -0.2) is 0 Å². The van der Waals surface area contributed by atoms with Gasteiger partial charge in [0, 0.05) is 6.04 Å². The fourth-order valence-electron chi connectivity index (χ4n) is 4.18. The van der Waals surface area contributed by atoms with Crippen LogP contribution in [0, 0.1) is 24.7 Å². The van der Waals surface area contributed by atoms with E-state index in [9.17, 15) is 4.79 Å². The molecule has 0 spiro atoms. The van der Waals surface area contributed by atoms with E-state index >= 15 is 0 Å². The van der Waals surface area contributed by atoms with Crippen LogP contribution in [0.5, 0.6) is 0 Å². The van der Waals surface area contributed by atoms with E-state index in [1.165, 1.54) is 24.0 Å².